The van der Waals surface area contributed by atoms with E-state index in [9.17, 15) is 4.79 Å². The average molecular weight is 169 g/mol. The Labute approximate surface area is 72.4 Å². The van der Waals surface area contributed by atoms with Gasteiger partial charge in [-0.15, -0.1) is 0 Å². The molecule has 0 radical (unpaired) electrons. The summed E-state index contributed by atoms with van der Waals surface area (Å²) in [5.74, 6) is 0.366. The van der Waals surface area contributed by atoms with Crippen molar-refractivity contribution in [3.63, 3.8) is 0 Å². The molecular weight excluding hydrogens is 154 g/mol. The number of nitrogens with one attached hydrogen (secondary N) is 2. The summed E-state index contributed by atoms with van der Waals surface area (Å²) in [6.45, 7) is 6.55. The maximum atomic E-state index is 11.3. The van der Waals surface area contributed by atoms with Gasteiger partial charge in [0, 0.05) is 12.1 Å². The number of hydrogen-bond acceptors (Lipinski definition) is 3. The number of carbonyl (C=O) groups excluding carboxylic acids is 1. The fraction of sp³-hybridized carbons (Fsp3) is 0.750. The van der Waals surface area contributed by atoms with Crippen molar-refractivity contribution in [1.29, 1.82) is 0 Å². The zero-order valence-corrected chi connectivity index (χ0v) is 7.72. The van der Waals surface area contributed by atoms with Gasteiger partial charge in [-0.1, -0.05) is 0 Å². The number of hydrogen-bond donors (Lipinski definition) is 2. The second-order valence-corrected chi connectivity index (χ2v) is 3.36. The largest absolute Gasteiger partial charge is 0.361 e. The fourth-order valence-electron chi connectivity index (χ4n) is 1.02. The number of amidine groups is 1. The van der Waals surface area contributed by atoms with Crippen molar-refractivity contribution in [2.75, 3.05) is 6.54 Å². The molecule has 1 heterocycles. The quantitative estimate of drug-likeness (QED) is 0.606. The van der Waals surface area contributed by atoms with Crippen LogP contribution in [0, 0.1) is 0 Å². The standard InChI is InChI=1S/C8H15N3O/c1-5(2)10-8(12)7-9-4-6(3)11-7/h5-6H,4H2,1-3H3,(H,9,11)(H,10,12). The molecule has 2 N–H and O–H groups in total. The molecule has 0 spiro atoms. The van der Waals surface area contributed by atoms with Gasteiger partial charge in [0.15, 0.2) is 5.84 Å². The molecule has 0 saturated carbocycles. The summed E-state index contributed by atoms with van der Waals surface area (Å²) in [4.78, 5) is 15.4. The Morgan fingerprint density at radius 1 is 1.75 bits per heavy atom. The van der Waals surface area contributed by atoms with Gasteiger partial charge in [0.05, 0.1) is 6.54 Å². The van der Waals surface area contributed by atoms with E-state index in [1.54, 1.807) is 0 Å². The first-order valence-corrected chi connectivity index (χ1v) is 4.21. The number of amides is 1. The van der Waals surface area contributed by atoms with Crippen LogP contribution in [0.4, 0.5) is 0 Å². The molecule has 1 aliphatic heterocycles. The Bertz CT molecular complexity index is 210. The van der Waals surface area contributed by atoms with Gasteiger partial charge in [0.1, 0.15) is 0 Å². The summed E-state index contributed by atoms with van der Waals surface area (Å²) in [6.07, 6.45) is 0. The van der Waals surface area contributed by atoms with Crippen LogP contribution >= 0.6 is 0 Å². The monoisotopic (exact) mass is 169 g/mol. The Morgan fingerprint density at radius 2 is 2.42 bits per heavy atom. The summed E-state index contributed by atoms with van der Waals surface area (Å²) in [6, 6.07) is 0.454. The third kappa shape index (κ3) is 2.22. The van der Waals surface area contributed by atoms with Gasteiger partial charge in [0.2, 0.25) is 0 Å². The molecule has 0 aromatic rings. The summed E-state index contributed by atoms with van der Waals surface area (Å²) in [5, 5.41) is 5.77. The van der Waals surface area contributed by atoms with E-state index < -0.39 is 0 Å². The van der Waals surface area contributed by atoms with E-state index in [-0.39, 0.29) is 18.0 Å². The first kappa shape index (κ1) is 9.03. The van der Waals surface area contributed by atoms with Crippen LogP contribution in [0.15, 0.2) is 4.99 Å². The van der Waals surface area contributed by atoms with Gasteiger partial charge in [-0.25, -0.2) is 0 Å². The minimum absolute atomic E-state index is 0.102. The van der Waals surface area contributed by atoms with Crippen LogP contribution in [0.1, 0.15) is 20.8 Å². The number of aliphatic imine (C=N–C) groups is 1. The molecule has 0 fully saturated rings. The lowest BCUT2D eigenvalue weighted by atomic mass is 10.3. The fourth-order valence-corrected chi connectivity index (χ4v) is 1.02. The van der Waals surface area contributed by atoms with Gasteiger partial charge < -0.3 is 10.6 Å². The van der Waals surface area contributed by atoms with E-state index in [2.05, 4.69) is 15.6 Å². The Hall–Kier alpha value is -1.06. The van der Waals surface area contributed by atoms with E-state index in [0.717, 1.165) is 0 Å². The lowest BCUT2D eigenvalue weighted by Gasteiger charge is -2.09. The smallest absolute Gasteiger partial charge is 0.286 e. The molecule has 1 rings (SSSR count). The molecule has 68 valence electrons. The molecular formula is C8H15N3O. The predicted octanol–water partition coefficient (Wildman–Crippen LogP) is -0.0988. The Kier molecular flexibility index (Phi) is 2.68. The molecule has 0 aromatic heterocycles. The summed E-state index contributed by atoms with van der Waals surface area (Å²) in [5.41, 5.74) is 0. The van der Waals surface area contributed by atoms with Crippen molar-refractivity contribution in [3.05, 3.63) is 0 Å². The topological polar surface area (TPSA) is 53.5 Å². The predicted molar refractivity (Wildman–Crippen MR) is 48.2 cm³/mol. The summed E-state index contributed by atoms with van der Waals surface area (Å²) in [7, 11) is 0. The van der Waals surface area contributed by atoms with Crippen molar-refractivity contribution >= 4 is 11.7 Å². The molecule has 1 unspecified atom stereocenters. The number of nitrogens with zero attached hydrogens (tertiary/aromatic N) is 1. The highest BCUT2D eigenvalue weighted by molar-refractivity contribution is 6.38. The van der Waals surface area contributed by atoms with Crippen molar-refractivity contribution < 1.29 is 4.79 Å². The molecule has 0 aliphatic carbocycles. The van der Waals surface area contributed by atoms with Gasteiger partial charge in [-0.2, -0.15) is 0 Å². The molecule has 1 amide bonds. The van der Waals surface area contributed by atoms with Crippen molar-refractivity contribution in [3.8, 4) is 0 Å². The molecule has 1 aliphatic rings. The third-order valence-corrected chi connectivity index (χ3v) is 1.54. The maximum Gasteiger partial charge on any atom is 0.286 e. The van der Waals surface area contributed by atoms with Crippen LogP contribution in [-0.4, -0.2) is 30.4 Å². The van der Waals surface area contributed by atoms with Gasteiger partial charge >= 0.3 is 0 Å². The Morgan fingerprint density at radius 3 is 2.83 bits per heavy atom. The van der Waals surface area contributed by atoms with E-state index in [4.69, 9.17) is 0 Å². The summed E-state index contributed by atoms with van der Waals surface area (Å²) >= 11 is 0. The van der Waals surface area contributed by atoms with Crippen molar-refractivity contribution in [1.82, 2.24) is 10.6 Å². The van der Waals surface area contributed by atoms with Crippen molar-refractivity contribution in [2.24, 2.45) is 4.99 Å². The van der Waals surface area contributed by atoms with Crippen LogP contribution < -0.4 is 10.6 Å². The average Bonchev–Trinajstić information content (AvgIpc) is 2.34. The molecule has 0 bridgehead atoms. The second-order valence-electron chi connectivity index (χ2n) is 3.36. The summed E-state index contributed by atoms with van der Waals surface area (Å²) < 4.78 is 0. The van der Waals surface area contributed by atoms with Crippen LogP contribution in [-0.2, 0) is 4.79 Å². The lowest BCUT2D eigenvalue weighted by molar-refractivity contribution is -0.115. The zero-order valence-electron chi connectivity index (χ0n) is 7.72. The van der Waals surface area contributed by atoms with Crippen LogP contribution in [0.3, 0.4) is 0 Å². The van der Waals surface area contributed by atoms with E-state index >= 15 is 0 Å². The first-order chi connectivity index (χ1) is 5.59. The molecule has 12 heavy (non-hydrogen) atoms. The highest BCUT2D eigenvalue weighted by Gasteiger charge is 2.19. The van der Waals surface area contributed by atoms with Gasteiger partial charge in [0.25, 0.3) is 5.91 Å². The second kappa shape index (κ2) is 3.56. The Balaban J connectivity index is 2.43. The minimum atomic E-state index is -0.102. The highest BCUT2D eigenvalue weighted by Crippen LogP contribution is 1.94. The third-order valence-electron chi connectivity index (χ3n) is 1.54. The molecule has 0 saturated heterocycles. The first-order valence-electron chi connectivity index (χ1n) is 4.21. The van der Waals surface area contributed by atoms with Crippen LogP contribution in [0.25, 0.3) is 0 Å². The van der Waals surface area contributed by atoms with E-state index in [0.29, 0.717) is 12.4 Å². The highest BCUT2D eigenvalue weighted by atomic mass is 16.2. The zero-order chi connectivity index (χ0) is 9.14. The number of carbonyl (C=O) groups is 1. The molecule has 4 heteroatoms. The minimum Gasteiger partial charge on any atom is -0.361 e. The molecule has 4 nitrogen and oxygen atoms in total. The van der Waals surface area contributed by atoms with Gasteiger partial charge in [-0.05, 0) is 20.8 Å². The maximum absolute atomic E-state index is 11.3. The van der Waals surface area contributed by atoms with Gasteiger partial charge in [-0.3, -0.25) is 9.79 Å². The van der Waals surface area contributed by atoms with Crippen LogP contribution in [0.2, 0.25) is 0 Å². The number of rotatable bonds is 2. The molecule has 0 aromatic carbocycles. The SMILES string of the molecule is CC(C)NC(=O)C1=NCC(C)N1. The van der Waals surface area contributed by atoms with Crippen molar-refractivity contribution in [2.45, 2.75) is 32.9 Å². The van der Waals surface area contributed by atoms with Crippen LogP contribution in [0.5, 0.6) is 0 Å². The van der Waals surface area contributed by atoms with E-state index in [1.807, 2.05) is 20.8 Å². The molecule has 1 atom stereocenters. The lowest BCUT2D eigenvalue weighted by Crippen LogP contribution is -2.42. The normalized spacial score (nSPS) is 22.0. The van der Waals surface area contributed by atoms with E-state index in [1.165, 1.54) is 0 Å².